The molecule has 1 unspecified atom stereocenters. The molecule has 0 radical (unpaired) electrons. The number of amides is 1. The van der Waals surface area contributed by atoms with Crippen molar-refractivity contribution in [2.45, 2.75) is 12.8 Å². The molecule has 116 valence electrons. The molecule has 1 aliphatic heterocycles. The van der Waals surface area contributed by atoms with Gasteiger partial charge in [0.15, 0.2) is 0 Å². The molecule has 0 aliphatic carbocycles. The Morgan fingerprint density at radius 1 is 1.41 bits per heavy atom. The summed E-state index contributed by atoms with van der Waals surface area (Å²) < 4.78 is 0. The third-order valence-electron chi connectivity index (χ3n) is 3.98. The average molecular weight is 319 g/mol. The van der Waals surface area contributed by atoms with Crippen LogP contribution in [0, 0.1) is 5.92 Å². The number of piperidine rings is 1. The van der Waals surface area contributed by atoms with Crippen LogP contribution in [-0.4, -0.2) is 35.7 Å². The van der Waals surface area contributed by atoms with Gasteiger partial charge in [-0.2, -0.15) is 5.10 Å². The fourth-order valence-electron chi connectivity index (χ4n) is 2.76. The van der Waals surface area contributed by atoms with Gasteiger partial charge in [-0.3, -0.25) is 9.89 Å². The van der Waals surface area contributed by atoms with Gasteiger partial charge in [0.2, 0.25) is 0 Å². The molecule has 2 aromatic rings. The zero-order chi connectivity index (χ0) is 15.4. The lowest BCUT2D eigenvalue weighted by Crippen LogP contribution is -2.38. The molecule has 22 heavy (non-hydrogen) atoms. The molecule has 2 heterocycles. The predicted molar refractivity (Wildman–Crippen MR) is 87.0 cm³/mol. The molecule has 1 aliphatic rings. The Hall–Kier alpha value is -1.85. The smallest absolute Gasteiger partial charge is 0.255 e. The molecule has 0 bridgehead atoms. The molecule has 1 aromatic carbocycles. The van der Waals surface area contributed by atoms with Crippen molar-refractivity contribution in [2.24, 2.45) is 5.92 Å². The van der Waals surface area contributed by atoms with Crippen molar-refractivity contribution in [1.29, 1.82) is 0 Å². The topological polar surface area (TPSA) is 69.8 Å². The summed E-state index contributed by atoms with van der Waals surface area (Å²) in [5.41, 5.74) is 1.97. The first kappa shape index (κ1) is 15.1. The third-order valence-corrected chi connectivity index (χ3v) is 4.31. The first-order valence-electron chi connectivity index (χ1n) is 7.53. The lowest BCUT2D eigenvalue weighted by atomic mass is 9.99. The van der Waals surface area contributed by atoms with Gasteiger partial charge in [-0.15, -0.1) is 0 Å². The normalized spacial score (nSPS) is 18.1. The van der Waals surface area contributed by atoms with Gasteiger partial charge in [-0.1, -0.05) is 29.8 Å². The standard InChI is InChI=1S/C16H19ClN4O/c17-14-6-2-1-5-12(14)15-13(10-20-21-15)16(22)19-9-11-4-3-7-18-8-11/h1-2,5-6,10-11,18H,3-4,7-9H2,(H,19,22)(H,20,21). The Kier molecular flexibility index (Phi) is 4.75. The van der Waals surface area contributed by atoms with Gasteiger partial charge in [0, 0.05) is 17.1 Å². The first-order valence-corrected chi connectivity index (χ1v) is 7.90. The van der Waals surface area contributed by atoms with Gasteiger partial charge < -0.3 is 10.6 Å². The number of carbonyl (C=O) groups is 1. The van der Waals surface area contributed by atoms with E-state index in [2.05, 4.69) is 20.8 Å². The van der Waals surface area contributed by atoms with Crippen LogP contribution in [-0.2, 0) is 0 Å². The second kappa shape index (κ2) is 6.94. The van der Waals surface area contributed by atoms with Crippen molar-refractivity contribution in [3.63, 3.8) is 0 Å². The van der Waals surface area contributed by atoms with Gasteiger partial charge in [0.25, 0.3) is 5.91 Å². The number of H-pyrrole nitrogens is 1. The average Bonchev–Trinajstić information content (AvgIpc) is 3.03. The fraction of sp³-hybridized carbons (Fsp3) is 0.375. The molecule has 0 saturated carbocycles. The Labute approximate surface area is 134 Å². The number of nitrogens with one attached hydrogen (secondary N) is 3. The number of hydrogen-bond donors (Lipinski definition) is 3. The number of carbonyl (C=O) groups excluding carboxylic acids is 1. The highest BCUT2D eigenvalue weighted by molar-refractivity contribution is 6.33. The maximum atomic E-state index is 12.4. The minimum atomic E-state index is -0.116. The van der Waals surface area contributed by atoms with Crippen molar-refractivity contribution in [3.05, 3.63) is 41.0 Å². The number of aromatic nitrogens is 2. The number of aromatic amines is 1. The summed E-state index contributed by atoms with van der Waals surface area (Å²) >= 11 is 6.20. The lowest BCUT2D eigenvalue weighted by molar-refractivity contribution is 0.0945. The second-order valence-electron chi connectivity index (χ2n) is 5.56. The van der Waals surface area contributed by atoms with Crippen molar-refractivity contribution < 1.29 is 4.79 Å². The van der Waals surface area contributed by atoms with E-state index in [1.165, 1.54) is 0 Å². The number of hydrogen-bond acceptors (Lipinski definition) is 3. The van der Waals surface area contributed by atoms with Crippen molar-refractivity contribution in [1.82, 2.24) is 20.8 Å². The fourth-order valence-corrected chi connectivity index (χ4v) is 2.99. The van der Waals surface area contributed by atoms with Crippen LogP contribution in [0.25, 0.3) is 11.3 Å². The Morgan fingerprint density at radius 3 is 3.05 bits per heavy atom. The van der Waals surface area contributed by atoms with Crippen LogP contribution < -0.4 is 10.6 Å². The van der Waals surface area contributed by atoms with E-state index >= 15 is 0 Å². The highest BCUT2D eigenvalue weighted by Crippen LogP contribution is 2.28. The van der Waals surface area contributed by atoms with E-state index in [4.69, 9.17) is 11.6 Å². The van der Waals surface area contributed by atoms with E-state index < -0.39 is 0 Å². The van der Waals surface area contributed by atoms with Crippen LogP contribution in [0.4, 0.5) is 0 Å². The van der Waals surface area contributed by atoms with Crippen LogP contribution in [0.15, 0.2) is 30.5 Å². The molecular weight excluding hydrogens is 300 g/mol. The zero-order valence-electron chi connectivity index (χ0n) is 12.2. The quantitative estimate of drug-likeness (QED) is 0.811. The number of halogens is 1. The molecule has 1 fully saturated rings. The minimum Gasteiger partial charge on any atom is -0.352 e. The van der Waals surface area contributed by atoms with Crippen molar-refractivity contribution in [2.75, 3.05) is 19.6 Å². The monoisotopic (exact) mass is 318 g/mol. The van der Waals surface area contributed by atoms with Crippen molar-refractivity contribution in [3.8, 4) is 11.3 Å². The Bertz CT molecular complexity index is 649. The maximum absolute atomic E-state index is 12.4. The summed E-state index contributed by atoms with van der Waals surface area (Å²) in [6, 6.07) is 7.42. The third kappa shape index (κ3) is 3.31. The molecule has 1 amide bonds. The molecule has 1 aromatic heterocycles. The van der Waals surface area contributed by atoms with Crippen LogP contribution in [0.3, 0.4) is 0 Å². The van der Waals surface area contributed by atoms with E-state index in [0.29, 0.717) is 28.7 Å². The molecule has 3 N–H and O–H groups in total. The summed E-state index contributed by atoms with van der Waals surface area (Å²) in [4.78, 5) is 12.4. The highest BCUT2D eigenvalue weighted by atomic mass is 35.5. The maximum Gasteiger partial charge on any atom is 0.255 e. The van der Waals surface area contributed by atoms with Crippen molar-refractivity contribution >= 4 is 17.5 Å². The summed E-state index contributed by atoms with van der Waals surface area (Å²) in [6.07, 6.45) is 3.86. The molecule has 1 saturated heterocycles. The van der Waals surface area contributed by atoms with Crippen LogP contribution in [0.2, 0.25) is 5.02 Å². The highest BCUT2D eigenvalue weighted by Gasteiger charge is 2.19. The molecule has 3 rings (SSSR count). The number of benzene rings is 1. The van der Waals surface area contributed by atoms with Gasteiger partial charge in [-0.25, -0.2) is 0 Å². The zero-order valence-corrected chi connectivity index (χ0v) is 13.0. The van der Waals surface area contributed by atoms with E-state index in [9.17, 15) is 4.79 Å². The molecular formula is C16H19ClN4O. The van der Waals surface area contributed by atoms with E-state index in [-0.39, 0.29) is 5.91 Å². The summed E-state index contributed by atoms with van der Waals surface area (Å²) in [6.45, 7) is 2.71. The van der Waals surface area contributed by atoms with Gasteiger partial charge in [0.1, 0.15) is 0 Å². The Morgan fingerprint density at radius 2 is 2.27 bits per heavy atom. The molecule has 6 heteroatoms. The largest absolute Gasteiger partial charge is 0.352 e. The molecule has 1 atom stereocenters. The minimum absolute atomic E-state index is 0.116. The van der Waals surface area contributed by atoms with E-state index in [1.54, 1.807) is 12.3 Å². The number of rotatable bonds is 4. The van der Waals surface area contributed by atoms with E-state index in [1.807, 2.05) is 18.2 Å². The SMILES string of the molecule is O=C(NCC1CCCNC1)c1cn[nH]c1-c1ccccc1Cl. The summed E-state index contributed by atoms with van der Waals surface area (Å²) in [5.74, 6) is 0.377. The summed E-state index contributed by atoms with van der Waals surface area (Å²) in [5, 5.41) is 13.8. The molecule has 5 nitrogen and oxygen atoms in total. The number of nitrogens with zero attached hydrogens (tertiary/aromatic N) is 1. The molecule has 0 spiro atoms. The lowest BCUT2D eigenvalue weighted by Gasteiger charge is -2.22. The summed E-state index contributed by atoms with van der Waals surface area (Å²) in [7, 11) is 0. The van der Waals surface area contributed by atoms with Gasteiger partial charge in [-0.05, 0) is 37.9 Å². The van der Waals surface area contributed by atoms with Gasteiger partial charge >= 0.3 is 0 Å². The van der Waals surface area contributed by atoms with Crippen LogP contribution in [0.5, 0.6) is 0 Å². The van der Waals surface area contributed by atoms with Crippen LogP contribution >= 0.6 is 11.6 Å². The predicted octanol–water partition coefficient (Wildman–Crippen LogP) is 2.46. The van der Waals surface area contributed by atoms with Gasteiger partial charge in [0.05, 0.1) is 17.5 Å². The van der Waals surface area contributed by atoms with Crippen LogP contribution in [0.1, 0.15) is 23.2 Å². The van der Waals surface area contributed by atoms with E-state index in [0.717, 1.165) is 31.5 Å². The Balaban J connectivity index is 1.71. The second-order valence-corrected chi connectivity index (χ2v) is 5.97. The first-order chi connectivity index (χ1) is 10.8.